The lowest BCUT2D eigenvalue weighted by atomic mass is 10.0. The van der Waals surface area contributed by atoms with Crippen LogP contribution in [-0.2, 0) is 6.18 Å². The van der Waals surface area contributed by atoms with Gasteiger partial charge in [-0.2, -0.15) is 26.3 Å². The molecule has 0 amide bonds. The van der Waals surface area contributed by atoms with E-state index in [0.717, 1.165) is 17.0 Å². The van der Waals surface area contributed by atoms with Crippen molar-refractivity contribution < 1.29 is 26.3 Å². The largest absolute Gasteiger partial charge is 0.407 e. The summed E-state index contributed by atoms with van der Waals surface area (Å²) in [6.07, 6.45) is -9.45. The molecule has 26 heavy (non-hydrogen) atoms. The molecule has 0 saturated heterocycles. The van der Waals surface area contributed by atoms with Crippen molar-refractivity contribution in [3.8, 4) is 0 Å². The highest BCUT2D eigenvalue weighted by Gasteiger charge is 2.37. The van der Waals surface area contributed by atoms with Crippen LogP contribution in [0.4, 0.5) is 37.7 Å². The second-order valence-corrected chi connectivity index (χ2v) is 5.64. The first-order chi connectivity index (χ1) is 12.0. The Morgan fingerprint density at radius 1 is 1.00 bits per heavy atom. The van der Waals surface area contributed by atoms with Gasteiger partial charge >= 0.3 is 12.4 Å². The summed E-state index contributed by atoms with van der Waals surface area (Å²) in [6, 6.07) is 9.95. The Hall–Kier alpha value is -2.69. The molecule has 0 aliphatic carbocycles. The third-order valence-electron chi connectivity index (χ3n) is 3.84. The van der Waals surface area contributed by atoms with Crippen molar-refractivity contribution in [2.45, 2.75) is 25.3 Å². The van der Waals surface area contributed by atoms with E-state index in [2.05, 4.69) is 4.85 Å². The summed E-state index contributed by atoms with van der Waals surface area (Å²) in [6.45, 7) is 6.90. The van der Waals surface area contributed by atoms with Gasteiger partial charge in [-0.05, 0) is 24.6 Å². The summed E-state index contributed by atoms with van der Waals surface area (Å²) in [5.74, 6) is 0. The number of rotatable bonds is 4. The van der Waals surface area contributed by atoms with E-state index < -0.39 is 36.2 Å². The topological polar surface area (TPSA) is 7.60 Å². The van der Waals surface area contributed by atoms with E-state index in [9.17, 15) is 26.3 Å². The maximum atomic E-state index is 13.2. The molecule has 138 valence electrons. The minimum Gasteiger partial charge on any atom is -0.356 e. The molecule has 2 aromatic carbocycles. The molecule has 0 spiro atoms. The second kappa shape index (κ2) is 7.28. The number of halogens is 6. The third kappa shape index (κ3) is 4.69. The Labute approximate surface area is 146 Å². The fourth-order valence-electron chi connectivity index (χ4n) is 2.58. The minimum absolute atomic E-state index is 0.251. The minimum atomic E-state index is -4.84. The van der Waals surface area contributed by atoms with Gasteiger partial charge in [0.05, 0.1) is 18.2 Å². The van der Waals surface area contributed by atoms with Crippen LogP contribution < -0.4 is 4.90 Å². The van der Waals surface area contributed by atoms with Gasteiger partial charge in [-0.25, -0.2) is 4.85 Å². The predicted molar refractivity (Wildman–Crippen MR) is 86.0 cm³/mol. The second-order valence-electron chi connectivity index (χ2n) is 5.64. The summed E-state index contributed by atoms with van der Waals surface area (Å²) in [5.41, 5.74) is -1.63. The molecule has 2 aromatic rings. The number of nitrogens with zero attached hydrogens (tertiary/aromatic N) is 2. The maximum absolute atomic E-state index is 13.2. The molecule has 0 aliphatic rings. The van der Waals surface area contributed by atoms with Crippen molar-refractivity contribution in [2.75, 3.05) is 11.4 Å². The van der Waals surface area contributed by atoms with Gasteiger partial charge < -0.3 is 4.90 Å². The lowest BCUT2D eigenvalue weighted by molar-refractivity contribution is -0.136. The fraction of sp³-hybridized carbons (Fsp3) is 0.278. The summed E-state index contributed by atoms with van der Waals surface area (Å²) in [4.78, 5) is 3.65. The van der Waals surface area contributed by atoms with Crippen molar-refractivity contribution in [2.24, 2.45) is 0 Å². The lowest BCUT2D eigenvalue weighted by Crippen LogP contribution is -2.36. The van der Waals surface area contributed by atoms with Crippen LogP contribution in [0.2, 0.25) is 0 Å². The van der Waals surface area contributed by atoms with E-state index in [0.29, 0.717) is 11.6 Å². The Morgan fingerprint density at radius 3 is 2.12 bits per heavy atom. The summed E-state index contributed by atoms with van der Waals surface area (Å²) >= 11 is 0. The molecule has 0 aromatic heterocycles. The van der Waals surface area contributed by atoms with Crippen LogP contribution in [0.1, 0.15) is 24.1 Å². The predicted octanol–water partition coefficient (Wildman–Crippen LogP) is 6.39. The zero-order valence-corrected chi connectivity index (χ0v) is 13.6. The molecule has 1 atom stereocenters. The lowest BCUT2D eigenvalue weighted by Gasteiger charge is -2.33. The number of hydrogen-bond donors (Lipinski definition) is 0. The van der Waals surface area contributed by atoms with E-state index in [-0.39, 0.29) is 5.69 Å². The van der Waals surface area contributed by atoms with Crippen molar-refractivity contribution in [1.82, 2.24) is 0 Å². The van der Waals surface area contributed by atoms with Crippen LogP contribution in [0.5, 0.6) is 0 Å². The Balaban J connectivity index is 2.54. The highest BCUT2D eigenvalue weighted by molar-refractivity contribution is 5.63. The molecule has 0 heterocycles. The average molecular weight is 372 g/mol. The number of anilines is 1. The molecule has 0 radical (unpaired) electrons. The molecule has 0 fully saturated rings. The highest BCUT2D eigenvalue weighted by atomic mass is 19.4. The maximum Gasteiger partial charge on any atom is 0.407 e. The van der Waals surface area contributed by atoms with Gasteiger partial charge in [0.1, 0.15) is 6.54 Å². The number of alkyl halides is 6. The SMILES string of the molecule is [C-]#[N+]c1ccc(N(CC(F)(F)F)C(C)c2ccccc2)cc1C(F)(F)F. The van der Waals surface area contributed by atoms with Crippen LogP contribution in [0.15, 0.2) is 48.5 Å². The van der Waals surface area contributed by atoms with Crippen LogP contribution in [0.25, 0.3) is 4.85 Å². The Bertz CT molecular complexity index is 790. The zero-order chi connectivity index (χ0) is 19.5. The normalized spacial score (nSPS) is 13.2. The van der Waals surface area contributed by atoms with Gasteiger partial charge in [0.2, 0.25) is 0 Å². The molecule has 2 nitrogen and oxygen atoms in total. The van der Waals surface area contributed by atoms with E-state index in [1.807, 2.05) is 0 Å². The standard InChI is InChI=1S/C18H14F6N2/c1-12(13-6-4-3-5-7-13)26(11-17(19,20)21)14-8-9-16(25-2)15(10-14)18(22,23)24/h3-10,12H,11H2,1H3. The van der Waals surface area contributed by atoms with Gasteiger partial charge in [-0.1, -0.05) is 36.4 Å². The molecule has 0 aliphatic heterocycles. The van der Waals surface area contributed by atoms with Crippen molar-refractivity contribution in [1.29, 1.82) is 0 Å². The molecular formula is C18H14F6N2. The first kappa shape index (κ1) is 19.6. The number of hydrogen-bond acceptors (Lipinski definition) is 1. The van der Waals surface area contributed by atoms with Gasteiger partial charge in [0.25, 0.3) is 0 Å². The molecule has 8 heteroatoms. The highest BCUT2D eigenvalue weighted by Crippen LogP contribution is 2.40. The molecular weight excluding hydrogens is 358 g/mol. The smallest absolute Gasteiger partial charge is 0.356 e. The van der Waals surface area contributed by atoms with Gasteiger partial charge in [-0.15, -0.1) is 0 Å². The van der Waals surface area contributed by atoms with Crippen LogP contribution in [0, 0.1) is 6.57 Å². The summed E-state index contributed by atoms with van der Waals surface area (Å²) < 4.78 is 78.6. The van der Waals surface area contributed by atoms with Crippen molar-refractivity contribution in [3.63, 3.8) is 0 Å². The Kier molecular flexibility index (Phi) is 5.50. The quantitative estimate of drug-likeness (QED) is 0.446. The van der Waals surface area contributed by atoms with Gasteiger partial charge in [0, 0.05) is 5.69 Å². The third-order valence-corrected chi connectivity index (χ3v) is 3.84. The molecule has 0 N–H and O–H groups in total. The van der Waals surface area contributed by atoms with Crippen LogP contribution in [-0.4, -0.2) is 12.7 Å². The Morgan fingerprint density at radius 2 is 1.62 bits per heavy atom. The van der Waals surface area contributed by atoms with Crippen molar-refractivity contribution >= 4 is 11.4 Å². The van der Waals surface area contributed by atoms with Gasteiger partial charge in [0.15, 0.2) is 5.69 Å². The van der Waals surface area contributed by atoms with Gasteiger partial charge in [-0.3, -0.25) is 0 Å². The fourth-order valence-corrected chi connectivity index (χ4v) is 2.58. The summed E-state index contributed by atoms with van der Waals surface area (Å²) in [5, 5.41) is 0. The van der Waals surface area contributed by atoms with Crippen LogP contribution >= 0.6 is 0 Å². The van der Waals surface area contributed by atoms with E-state index in [1.165, 1.54) is 6.92 Å². The summed E-state index contributed by atoms with van der Waals surface area (Å²) in [7, 11) is 0. The molecule has 0 bridgehead atoms. The molecule has 2 rings (SSSR count). The van der Waals surface area contributed by atoms with E-state index >= 15 is 0 Å². The monoisotopic (exact) mass is 372 g/mol. The van der Waals surface area contributed by atoms with E-state index in [4.69, 9.17) is 6.57 Å². The van der Waals surface area contributed by atoms with E-state index in [1.54, 1.807) is 30.3 Å². The number of benzene rings is 2. The average Bonchev–Trinajstić information content (AvgIpc) is 2.58. The molecule has 0 saturated carbocycles. The van der Waals surface area contributed by atoms with Crippen molar-refractivity contribution in [3.05, 3.63) is 71.1 Å². The molecule has 1 unspecified atom stereocenters. The zero-order valence-electron chi connectivity index (χ0n) is 13.6. The first-order valence-corrected chi connectivity index (χ1v) is 7.50. The van der Waals surface area contributed by atoms with Crippen LogP contribution in [0.3, 0.4) is 0 Å². The first-order valence-electron chi connectivity index (χ1n) is 7.50.